The Hall–Kier alpha value is -3.48. The summed E-state index contributed by atoms with van der Waals surface area (Å²) < 4.78 is 0. The zero-order chi connectivity index (χ0) is 27.2. The minimum atomic E-state index is -0.445. The number of piperazine rings is 1. The van der Waals surface area contributed by atoms with Crippen LogP contribution in [-0.4, -0.2) is 77.9 Å². The van der Waals surface area contributed by atoms with Crippen LogP contribution in [0.5, 0.6) is 0 Å². The van der Waals surface area contributed by atoms with Crippen molar-refractivity contribution in [3.8, 4) is 0 Å². The van der Waals surface area contributed by atoms with E-state index in [4.69, 9.17) is 0 Å². The largest absolute Gasteiger partial charge is 0.338 e. The number of nitrogens with zero attached hydrogens (tertiary/aromatic N) is 3. The van der Waals surface area contributed by atoms with Crippen molar-refractivity contribution < 1.29 is 9.59 Å². The Kier molecular flexibility index (Phi) is 8.74. The second-order valence-electron chi connectivity index (χ2n) is 11.0. The number of rotatable bonds is 8. The molecule has 0 saturated carbocycles. The first-order valence-corrected chi connectivity index (χ1v) is 14.2. The van der Waals surface area contributed by atoms with Crippen LogP contribution in [0.2, 0.25) is 0 Å². The molecule has 204 valence electrons. The number of nitrogens with one attached hydrogen (secondary N) is 1. The van der Waals surface area contributed by atoms with Gasteiger partial charge in [-0.05, 0) is 49.9 Å². The minimum absolute atomic E-state index is 0.0515. The van der Waals surface area contributed by atoms with Crippen molar-refractivity contribution >= 4 is 11.8 Å². The number of likely N-dealkylation sites (tertiary alicyclic amines) is 1. The van der Waals surface area contributed by atoms with Gasteiger partial charge in [0.25, 0.3) is 5.91 Å². The molecule has 3 aromatic rings. The first-order chi connectivity index (χ1) is 19.0. The molecular formula is C33H40N4O2. The molecule has 0 aromatic heterocycles. The number of hydrogen-bond donors (Lipinski definition) is 1. The maximum atomic E-state index is 13.8. The van der Waals surface area contributed by atoms with Gasteiger partial charge < -0.3 is 15.1 Å². The zero-order valence-electron chi connectivity index (χ0n) is 23.2. The molecule has 2 unspecified atom stereocenters. The fraction of sp³-hybridized carbons (Fsp3) is 0.394. The molecule has 6 nitrogen and oxygen atoms in total. The predicted octanol–water partition coefficient (Wildman–Crippen LogP) is 4.06. The maximum absolute atomic E-state index is 13.8. The summed E-state index contributed by atoms with van der Waals surface area (Å²) in [5.74, 6) is 0.0298. The van der Waals surface area contributed by atoms with E-state index < -0.39 is 6.04 Å². The quantitative estimate of drug-likeness (QED) is 0.483. The van der Waals surface area contributed by atoms with E-state index in [0.29, 0.717) is 31.6 Å². The lowest BCUT2D eigenvalue weighted by Crippen LogP contribution is -2.53. The summed E-state index contributed by atoms with van der Waals surface area (Å²) >= 11 is 0. The van der Waals surface area contributed by atoms with Crippen LogP contribution in [0, 0.1) is 13.8 Å². The predicted molar refractivity (Wildman–Crippen MR) is 156 cm³/mol. The standard InChI is InChI=1S/C33H40N4O2/c1-25-8-12-28(13-9-25)23-36(19-16-27-6-4-3-5-7-27)30-22-31(33(39)35-20-17-34-18-21-35)37(24-30)32(38)29-14-10-26(2)11-15-29/h3-15,30-31,34H,16-24H2,1-2H3. The highest BCUT2D eigenvalue weighted by atomic mass is 16.2. The van der Waals surface area contributed by atoms with Gasteiger partial charge in [0, 0.05) is 57.4 Å². The Labute approximate surface area is 232 Å². The lowest BCUT2D eigenvalue weighted by molar-refractivity contribution is -0.135. The number of carbonyl (C=O) groups is 2. The van der Waals surface area contributed by atoms with E-state index in [1.165, 1.54) is 16.7 Å². The molecule has 0 spiro atoms. The molecule has 2 aliphatic heterocycles. The molecule has 0 aliphatic carbocycles. The lowest BCUT2D eigenvalue weighted by Gasteiger charge is -2.32. The molecule has 3 aromatic carbocycles. The minimum Gasteiger partial charge on any atom is -0.338 e. The second kappa shape index (κ2) is 12.6. The van der Waals surface area contributed by atoms with Crippen molar-refractivity contribution in [3.63, 3.8) is 0 Å². The highest BCUT2D eigenvalue weighted by Gasteiger charge is 2.43. The van der Waals surface area contributed by atoms with Crippen molar-refractivity contribution in [2.45, 2.75) is 45.3 Å². The second-order valence-corrected chi connectivity index (χ2v) is 11.0. The molecule has 6 heteroatoms. The van der Waals surface area contributed by atoms with Gasteiger partial charge in [-0.1, -0.05) is 77.9 Å². The van der Waals surface area contributed by atoms with Gasteiger partial charge in [-0.2, -0.15) is 0 Å². The van der Waals surface area contributed by atoms with Crippen LogP contribution < -0.4 is 5.32 Å². The van der Waals surface area contributed by atoms with Gasteiger partial charge >= 0.3 is 0 Å². The van der Waals surface area contributed by atoms with E-state index in [1.54, 1.807) is 0 Å². The molecule has 2 atom stereocenters. The normalized spacial score (nSPS) is 19.5. The van der Waals surface area contributed by atoms with Gasteiger partial charge in [0.15, 0.2) is 0 Å². The third-order valence-corrected chi connectivity index (χ3v) is 8.11. The number of hydrogen-bond acceptors (Lipinski definition) is 4. The first-order valence-electron chi connectivity index (χ1n) is 14.2. The fourth-order valence-electron chi connectivity index (χ4n) is 5.73. The third kappa shape index (κ3) is 6.75. The molecule has 1 N–H and O–H groups in total. The van der Waals surface area contributed by atoms with E-state index in [-0.39, 0.29) is 17.9 Å². The van der Waals surface area contributed by atoms with Crippen molar-refractivity contribution in [2.24, 2.45) is 0 Å². The Balaban J connectivity index is 1.41. The van der Waals surface area contributed by atoms with Crippen LogP contribution in [-0.2, 0) is 17.8 Å². The van der Waals surface area contributed by atoms with Crippen molar-refractivity contribution in [1.29, 1.82) is 0 Å². The number of carbonyl (C=O) groups excluding carboxylic acids is 2. The van der Waals surface area contributed by atoms with Crippen LogP contribution >= 0.6 is 0 Å². The van der Waals surface area contributed by atoms with Crippen LogP contribution in [0.1, 0.15) is 39.0 Å². The summed E-state index contributed by atoms with van der Waals surface area (Å²) in [6, 6.07) is 26.6. The van der Waals surface area contributed by atoms with Crippen molar-refractivity contribution in [1.82, 2.24) is 20.0 Å². The summed E-state index contributed by atoms with van der Waals surface area (Å²) in [5.41, 5.74) is 5.55. The average Bonchev–Trinajstić information content (AvgIpc) is 3.42. The number of aryl methyl sites for hydroxylation is 2. The number of benzene rings is 3. The molecule has 2 saturated heterocycles. The van der Waals surface area contributed by atoms with E-state index in [1.807, 2.05) is 47.1 Å². The number of amides is 2. The van der Waals surface area contributed by atoms with Crippen molar-refractivity contribution in [3.05, 3.63) is 107 Å². The van der Waals surface area contributed by atoms with Gasteiger partial charge in [-0.25, -0.2) is 0 Å². The van der Waals surface area contributed by atoms with Crippen molar-refractivity contribution in [2.75, 3.05) is 39.3 Å². The fourth-order valence-corrected chi connectivity index (χ4v) is 5.73. The highest BCUT2D eigenvalue weighted by Crippen LogP contribution is 2.28. The van der Waals surface area contributed by atoms with Crippen LogP contribution in [0.15, 0.2) is 78.9 Å². The smallest absolute Gasteiger partial charge is 0.254 e. The van der Waals surface area contributed by atoms with Gasteiger partial charge in [0.2, 0.25) is 5.91 Å². The van der Waals surface area contributed by atoms with E-state index in [9.17, 15) is 9.59 Å². The Morgan fingerprint density at radius 2 is 1.49 bits per heavy atom. The first kappa shape index (κ1) is 27.1. The SMILES string of the molecule is Cc1ccc(CN(CCc2ccccc2)C2CC(C(=O)N3CCNCC3)N(C(=O)c3ccc(C)cc3)C2)cc1. The topological polar surface area (TPSA) is 55.9 Å². The summed E-state index contributed by atoms with van der Waals surface area (Å²) in [7, 11) is 0. The van der Waals surface area contributed by atoms with Gasteiger partial charge in [0.1, 0.15) is 6.04 Å². The van der Waals surface area contributed by atoms with Crippen LogP contribution in [0.25, 0.3) is 0 Å². The molecule has 39 heavy (non-hydrogen) atoms. The van der Waals surface area contributed by atoms with E-state index in [0.717, 1.165) is 38.2 Å². The molecular weight excluding hydrogens is 484 g/mol. The lowest BCUT2D eigenvalue weighted by atomic mass is 10.1. The molecule has 0 bridgehead atoms. The van der Waals surface area contributed by atoms with Gasteiger partial charge in [0.05, 0.1) is 0 Å². The van der Waals surface area contributed by atoms with E-state index >= 15 is 0 Å². The monoisotopic (exact) mass is 524 g/mol. The summed E-state index contributed by atoms with van der Waals surface area (Å²) in [6.45, 7) is 9.30. The van der Waals surface area contributed by atoms with Crippen LogP contribution in [0.4, 0.5) is 0 Å². The molecule has 2 aliphatic rings. The molecule has 5 rings (SSSR count). The summed E-state index contributed by atoms with van der Waals surface area (Å²) in [6.07, 6.45) is 1.58. The average molecular weight is 525 g/mol. The highest BCUT2D eigenvalue weighted by molar-refractivity contribution is 5.98. The maximum Gasteiger partial charge on any atom is 0.254 e. The summed E-state index contributed by atoms with van der Waals surface area (Å²) in [5, 5.41) is 3.33. The Morgan fingerprint density at radius 3 is 2.15 bits per heavy atom. The van der Waals surface area contributed by atoms with Gasteiger partial charge in [-0.15, -0.1) is 0 Å². The van der Waals surface area contributed by atoms with E-state index in [2.05, 4.69) is 65.7 Å². The Morgan fingerprint density at radius 1 is 0.846 bits per heavy atom. The van der Waals surface area contributed by atoms with Gasteiger partial charge in [-0.3, -0.25) is 14.5 Å². The zero-order valence-corrected chi connectivity index (χ0v) is 23.2. The Bertz CT molecular complexity index is 1240. The molecule has 2 fully saturated rings. The molecule has 2 heterocycles. The summed E-state index contributed by atoms with van der Waals surface area (Å²) in [4.78, 5) is 33.9. The molecule has 0 radical (unpaired) electrons. The van der Waals surface area contributed by atoms with Crippen LogP contribution in [0.3, 0.4) is 0 Å². The third-order valence-electron chi connectivity index (χ3n) is 8.11. The molecule has 2 amide bonds.